The van der Waals surface area contributed by atoms with Crippen LogP contribution in [0.2, 0.25) is 5.02 Å². The number of unbranched alkanes of at least 4 members (excludes halogenated alkanes) is 1. The molecule has 0 aliphatic rings. The van der Waals surface area contributed by atoms with E-state index < -0.39 is 6.16 Å². The first-order valence-corrected chi connectivity index (χ1v) is 6.05. The van der Waals surface area contributed by atoms with Crippen LogP contribution in [0, 0.1) is 0 Å². The number of ether oxygens (including phenoxy) is 2. The van der Waals surface area contributed by atoms with Crippen LogP contribution >= 0.6 is 11.6 Å². The van der Waals surface area contributed by atoms with Crippen LogP contribution in [0.4, 0.5) is 4.79 Å². The molecule has 0 aromatic heterocycles. The van der Waals surface area contributed by atoms with Gasteiger partial charge in [-0.1, -0.05) is 11.6 Å². The molecule has 0 heterocycles. The Hall–Kier alpha value is -1.55. The minimum absolute atomic E-state index is 0.138. The highest BCUT2D eigenvalue weighted by Gasteiger charge is 2.05. The molecular weight excluding hydrogens is 256 g/mol. The second-order valence-corrected chi connectivity index (χ2v) is 4.25. The summed E-state index contributed by atoms with van der Waals surface area (Å²) >= 11 is 5.69. The van der Waals surface area contributed by atoms with Crippen LogP contribution in [0.3, 0.4) is 0 Å². The van der Waals surface area contributed by atoms with Crippen LogP contribution in [0.25, 0.3) is 0 Å². The number of benzene rings is 1. The summed E-state index contributed by atoms with van der Waals surface area (Å²) < 4.78 is 9.76. The smallest absolute Gasteiger partial charge is 0.434 e. The number of halogens is 1. The van der Waals surface area contributed by atoms with Gasteiger partial charge in [-0.05, 0) is 44.0 Å². The molecule has 0 atom stereocenters. The minimum Gasteiger partial charge on any atom is -0.434 e. The van der Waals surface area contributed by atoms with Gasteiger partial charge in [0, 0.05) is 11.4 Å². The lowest BCUT2D eigenvalue weighted by atomic mass is 10.2. The molecule has 0 amide bonds. The van der Waals surface area contributed by atoms with Gasteiger partial charge in [0.1, 0.15) is 11.5 Å². The van der Waals surface area contributed by atoms with Gasteiger partial charge in [-0.25, -0.2) is 4.79 Å². The first kappa shape index (κ1) is 14.5. The van der Waals surface area contributed by atoms with Crippen molar-refractivity contribution in [3.63, 3.8) is 0 Å². The molecule has 4 nitrogen and oxygen atoms in total. The summed E-state index contributed by atoms with van der Waals surface area (Å²) in [5, 5.41) is 0.569. The lowest BCUT2D eigenvalue weighted by molar-refractivity contribution is -0.117. The van der Waals surface area contributed by atoms with Crippen LogP contribution in [-0.2, 0) is 9.53 Å². The van der Waals surface area contributed by atoms with E-state index in [1.165, 1.54) is 6.92 Å². The predicted octanol–water partition coefficient (Wildman–Crippen LogP) is 3.61. The van der Waals surface area contributed by atoms with Gasteiger partial charge in [-0.15, -0.1) is 0 Å². The Morgan fingerprint density at radius 2 is 1.83 bits per heavy atom. The lowest BCUT2D eigenvalue weighted by Gasteiger charge is -2.05. The van der Waals surface area contributed by atoms with Gasteiger partial charge in [-0.2, -0.15) is 0 Å². The Balaban J connectivity index is 2.17. The Bertz CT molecular complexity index is 400. The van der Waals surface area contributed by atoms with Gasteiger partial charge in [0.15, 0.2) is 0 Å². The fourth-order valence-corrected chi connectivity index (χ4v) is 1.39. The topological polar surface area (TPSA) is 52.6 Å². The van der Waals surface area contributed by atoms with Crippen molar-refractivity contribution in [2.75, 3.05) is 6.61 Å². The third-order valence-corrected chi connectivity index (χ3v) is 2.41. The zero-order valence-corrected chi connectivity index (χ0v) is 10.9. The van der Waals surface area contributed by atoms with Gasteiger partial charge in [0.2, 0.25) is 0 Å². The van der Waals surface area contributed by atoms with Crippen molar-refractivity contribution in [1.82, 2.24) is 0 Å². The zero-order valence-electron chi connectivity index (χ0n) is 10.1. The normalized spacial score (nSPS) is 9.89. The number of carbonyl (C=O) groups is 2. The van der Waals surface area contributed by atoms with E-state index in [1.807, 2.05) is 0 Å². The second kappa shape index (κ2) is 7.71. The predicted molar refractivity (Wildman–Crippen MR) is 68.0 cm³/mol. The number of ketones is 1. The third-order valence-electron chi connectivity index (χ3n) is 2.16. The SMILES string of the molecule is CC(=O)CCCCOC(=O)Oc1ccc(Cl)cc1. The molecule has 0 spiro atoms. The first-order chi connectivity index (χ1) is 8.58. The average molecular weight is 271 g/mol. The van der Waals surface area contributed by atoms with Gasteiger partial charge >= 0.3 is 6.16 Å². The molecule has 18 heavy (non-hydrogen) atoms. The van der Waals surface area contributed by atoms with E-state index in [2.05, 4.69) is 0 Å². The molecule has 0 saturated heterocycles. The summed E-state index contributed by atoms with van der Waals surface area (Å²) in [7, 11) is 0. The number of hydrogen-bond donors (Lipinski definition) is 0. The van der Waals surface area contributed by atoms with Crippen LogP contribution in [0.5, 0.6) is 5.75 Å². The van der Waals surface area contributed by atoms with E-state index in [1.54, 1.807) is 24.3 Å². The fourth-order valence-electron chi connectivity index (χ4n) is 1.26. The van der Waals surface area contributed by atoms with Gasteiger partial charge in [0.25, 0.3) is 0 Å². The highest BCUT2D eigenvalue weighted by Crippen LogP contribution is 2.15. The van der Waals surface area contributed by atoms with Crippen LogP contribution in [-0.4, -0.2) is 18.5 Å². The van der Waals surface area contributed by atoms with Gasteiger partial charge in [-0.3, -0.25) is 0 Å². The molecule has 0 saturated carbocycles. The maximum Gasteiger partial charge on any atom is 0.513 e. The zero-order chi connectivity index (χ0) is 13.4. The van der Waals surface area contributed by atoms with E-state index >= 15 is 0 Å². The van der Waals surface area contributed by atoms with Crippen molar-refractivity contribution < 1.29 is 19.1 Å². The van der Waals surface area contributed by atoms with E-state index in [9.17, 15) is 9.59 Å². The highest BCUT2D eigenvalue weighted by molar-refractivity contribution is 6.30. The molecule has 0 N–H and O–H groups in total. The number of Topliss-reactive ketones (excluding diaryl/α,β-unsaturated/α-hetero) is 1. The third kappa shape index (κ3) is 6.25. The molecule has 0 fully saturated rings. The summed E-state index contributed by atoms with van der Waals surface area (Å²) in [6.07, 6.45) is 1.12. The van der Waals surface area contributed by atoms with E-state index in [-0.39, 0.29) is 12.4 Å². The standard InChI is InChI=1S/C13H15ClO4/c1-10(15)4-2-3-9-17-13(16)18-12-7-5-11(14)6-8-12/h5-8H,2-4,9H2,1H3. The number of rotatable bonds is 6. The number of hydrogen-bond acceptors (Lipinski definition) is 4. The van der Waals surface area contributed by atoms with E-state index in [0.717, 1.165) is 0 Å². The molecule has 1 rings (SSSR count). The van der Waals surface area contributed by atoms with Gasteiger partial charge in [0.05, 0.1) is 6.61 Å². The number of carbonyl (C=O) groups excluding carboxylic acids is 2. The maximum absolute atomic E-state index is 11.3. The Kier molecular flexibility index (Phi) is 6.22. The Morgan fingerprint density at radius 3 is 2.44 bits per heavy atom. The second-order valence-electron chi connectivity index (χ2n) is 3.81. The van der Waals surface area contributed by atoms with Crippen molar-refractivity contribution in [2.24, 2.45) is 0 Å². The summed E-state index contributed by atoms with van der Waals surface area (Å²) in [6, 6.07) is 6.41. The molecule has 1 aromatic rings. The van der Waals surface area contributed by atoms with Gasteiger partial charge < -0.3 is 14.3 Å². The first-order valence-electron chi connectivity index (χ1n) is 5.67. The van der Waals surface area contributed by atoms with Crippen molar-refractivity contribution >= 4 is 23.5 Å². The van der Waals surface area contributed by atoms with E-state index in [0.29, 0.717) is 30.0 Å². The minimum atomic E-state index is -0.750. The molecule has 0 aliphatic heterocycles. The molecule has 0 bridgehead atoms. The van der Waals surface area contributed by atoms with Crippen molar-refractivity contribution in [2.45, 2.75) is 26.2 Å². The Morgan fingerprint density at radius 1 is 1.17 bits per heavy atom. The Labute approximate surface area is 111 Å². The quantitative estimate of drug-likeness (QED) is 0.450. The van der Waals surface area contributed by atoms with Crippen molar-refractivity contribution in [1.29, 1.82) is 0 Å². The summed E-state index contributed by atoms with van der Waals surface area (Å²) in [6.45, 7) is 1.79. The molecule has 5 heteroatoms. The van der Waals surface area contributed by atoms with Crippen molar-refractivity contribution in [3.05, 3.63) is 29.3 Å². The molecule has 0 aliphatic carbocycles. The van der Waals surface area contributed by atoms with Crippen LogP contribution in [0.1, 0.15) is 26.2 Å². The summed E-state index contributed by atoms with van der Waals surface area (Å²) in [5.74, 6) is 0.520. The lowest BCUT2D eigenvalue weighted by Crippen LogP contribution is -2.11. The van der Waals surface area contributed by atoms with E-state index in [4.69, 9.17) is 21.1 Å². The highest BCUT2D eigenvalue weighted by atomic mass is 35.5. The largest absolute Gasteiger partial charge is 0.513 e. The average Bonchev–Trinajstić information content (AvgIpc) is 2.31. The summed E-state index contributed by atoms with van der Waals surface area (Å²) in [4.78, 5) is 21.9. The van der Waals surface area contributed by atoms with Crippen LogP contribution in [0.15, 0.2) is 24.3 Å². The fraction of sp³-hybridized carbons (Fsp3) is 0.385. The van der Waals surface area contributed by atoms with Crippen molar-refractivity contribution in [3.8, 4) is 5.75 Å². The maximum atomic E-state index is 11.3. The summed E-state index contributed by atoms with van der Waals surface area (Å²) in [5.41, 5.74) is 0. The monoisotopic (exact) mass is 270 g/mol. The molecule has 0 unspecified atom stereocenters. The molecule has 1 aromatic carbocycles. The molecular formula is C13H15ClO4. The molecule has 98 valence electrons. The van der Waals surface area contributed by atoms with Crippen LogP contribution < -0.4 is 4.74 Å². The molecule has 0 radical (unpaired) electrons.